The minimum Gasteiger partial charge on any atom is -0.247 e. The second-order valence-corrected chi connectivity index (χ2v) is 6.81. The molecule has 0 atom stereocenters. The van der Waals surface area contributed by atoms with Crippen LogP contribution in [0.4, 0.5) is 5.95 Å². The van der Waals surface area contributed by atoms with Crippen molar-refractivity contribution in [3.05, 3.63) is 45.2 Å². The van der Waals surface area contributed by atoms with Crippen LogP contribution in [0.25, 0.3) is 0 Å². The van der Waals surface area contributed by atoms with E-state index in [-0.39, 0.29) is 26.0 Å². The molecule has 0 saturated carbocycles. The molecular formula is C11H8Cl3N3O2S. The zero-order valence-electron chi connectivity index (χ0n) is 10.1. The lowest BCUT2D eigenvalue weighted by Crippen LogP contribution is -2.15. The predicted molar refractivity (Wildman–Crippen MR) is 79.0 cm³/mol. The molecule has 0 unspecified atom stereocenters. The lowest BCUT2D eigenvalue weighted by molar-refractivity contribution is 0.601. The molecule has 5 nitrogen and oxygen atoms in total. The zero-order valence-corrected chi connectivity index (χ0v) is 13.1. The van der Waals surface area contributed by atoms with E-state index in [0.29, 0.717) is 5.69 Å². The van der Waals surface area contributed by atoms with Gasteiger partial charge in [0.25, 0.3) is 10.0 Å². The number of aromatic nitrogens is 2. The molecule has 0 bridgehead atoms. The first-order valence-corrected chi connectivity index (χ1v) is 7.88. The lowest BCUT2D eigenvalue weighted by Gasteiger charge is -2.08. The second-order valence-electron chi connectivity index (χ2n) is 3.87. The molecule has 0 saturated heterocycles. The van der Waals surface area contributed by atoms with Gasteiger partial charge in [-0.15, -0.1) is 0 Å². The first-order chi connectivity index (χ1) is 9.26. The fourth-order valence-electron chi connectivity index (χ4n) is 1.44. The molecule has 20 heavy (non-hydrogen) atoms. The molecule has 1 aromatic heterocycles. The zero-order chi connectivity index (χ0) is 14.9. The summed E-state index contributed by atoms with van der Waals surface area (Å²) in [5.74, 6) is -0.119. The molecule has 0 aliphatic heterocycles. The third-order valence-electron chi connectivity index (χ3n) is 2.19. The highest BCUT2D eigenvalue weighted by Crippen LogP contribution is 2.23. The number of anilines is 1. The number of nitrogens with zero attached hydrogens (tertiary/aromatic N) is 2. The Morgan fingerprint density at radius 3 is 2.15 bits per heavy atom. The summed E-state index contributed by atoms with van der Waals surface area (Å²) in [6.45, 7) is 1.67. The van der Waals surface area contributed by atoms with Gasteiger partial charge in [-0.1, -0.05) is 34.8 Å². The van der Waals surface area contributed by atoms with Crippen molar-refractivity contribution in [2.24, 2.45) is 0 Å². The van der Waals surface area contributed by atoms with Crippen LogP contribution in [0.15, 0.2) is 29.2 Å². The van der Waals surface area contributed by atoms with E-state index in [1.54, 1.807) is 6.92 Å². The molecule has 1 heterocycles. The molecule has 2 rings (SSSR count). The maximum absolute atomic E-state index is 12.2. The van der Waals surface area contributed by atoms with Crippen molar-refractivity contribution in [2.45, 2.75) is 11.8 Å². The number of nitrogens with one attached hydrogen (secondary N) is 1. The molecule has 1 N–H and O–H groups in total. The Morgan fingerprint density at radius 2 is 1.60 bits per heavy atom. The third kappa shape index (κ3) is 3.73. The Labute approximate surface area is 131 Å². The SMILES string of the molecule is Cc1cc(Cl)nc(NS(=O)(=O)c2cc(Cl)cc(Cl)c2)n1. The van der Waals surface area contributed by atoms with E-state index in [2.05, 4.69) is 14.7 Å². The minimum absolute atomic E-state index is 0.0868. The van der Waals surface area contributed by atoms with Crippen LogP contribution >= 0.6 is 34.8 Å². The number of aryl methyl sites for hydroxylation is 1. The Kier molecular flexibility index (Phi) is 4.39. The van der Waals surface area contributed by atoms with Crippen LogP contribution in [0, 0.1) is 6.92 Å². The molecule has 0 aliphatic carbocycles. The molecule has 0 fully saturated rings. The molecule has 0 radical (unpaired) electrons. The van der Waals surface area contributed by atoms with E-state index < -0.39 is 10.0 Å². The predicted octanol–water partition coefficient (Wildman–Crippen LogP) is 3.55. The first kappa shape index (κ1) is 15.3. The molecule has 9 heteroatoms. The van der Waals surface area contributed by atoms with Gasteiger partial charge in [0.1, 0.15) is 5.15 Å². The van der Waals surface area contributed by atoms with E-state index in [9.17, 15) is 8.42 Å². The van der Waals surface area contributed by atoms with Crippen molar-refractivity contribution in [1.29, 1.82) is 0 Å². The van der Waals surface area contributed by atoms with Gasteiger partial charge in [-0.2, -0.15) is 0 Å². The highest BCUT2D eigenvalue weighted by atomic mass is 35.5. The summed E-state index contributed by atoms with van der Waals surface area (Å²) in [5.41, 5.74) is 0.534. The van der Waals surface area contributed by atoms with E-state index >= 15 is 0 Å². The number of halogens is 3. The number of sulfonamides is 1. The Morgan fingerprint density at radius 1 is 1.00 bits per heavy atom. The van der Waals surface area contributed by atoms with Crippen molar-refractivity contribution in [2.75, 3.05) is 4.72 Å². The summed E-state index contributed by atoms with van der Waals surface area (Å²) in [6, 6.07) is 5.48. The Bertz CT molecular complexity index is 725. The third-order valence-corrected chi connectivity index (χ3v) is 4.13. The van der Waals surface area contributed by atoms with Gasteiger partial charge in [0.05, 0.1) is 4.90 Å². The van der Waals surface area contributed by atoms with Crippen LogP contribution in [0.1, 0.15) is 5.69 Å². The molecule has 1 aromatic carbocycles. The topological polar surface area (TPSA) is 72.0 Å². The van der Waals surface area contributed by atoms with Crippen molar-refractivity contribution >= 4 is 50.8 Å². The quantitative estimate of drug-likeness (QED) is 0.858. The van der Waals surface area contributed by atoms with Crippen LogP contribution in [-0.4, -0.2) is 18.4 Å². The summed E-state index contributed by atoms with van der Waals surface area (Å²) in [7, 11) is -3.89. The van der Waals surface area contributed by atoms with E-state index in [0.717, 1.165) is 0 Å². The largest absolute Gasteiger partial charge is 0.264 e. The van der Waals surface area contributed by atoms with Crippen molar-refractivity contribution in [3.8, 4) is 0 Å². The monoisotopic (exact) mass is 351 g/mol. The molecule has 0 aliphatic rings. The van der Waals surface area contributed by atoms with E-state index in [4.69, 9.17) is 34.8 Å². The van der Waals surface area contributed by atoms with E-state index in [1.807, 2.05) is 0 Å². The number of hydrogen-bond acceptors (Lipinski definition) is 4. The normalized spacial score (nSPS) is 11.4. The van der Waals surface area contributed by atoms with Crippen molar-refractivity contribution in [3.63, 3.8) is 0 Å². The second kappa shape index (κ2) is 5.73. The molecule has 2 aromatic rings. The highest BCUT2D eigenvalue weighted by Gasteiger charge is 2.17. The van der Waals surface area contributed by atoms with E-state index in [1.165, 1.54) is 24.3 Å². The first-order valence-electron chi connectivity index (χ1n) is 5.26. The average Bonchev–Trinajstić information content (AvgIpc) is 2.25. The van der Waals surface area contributed by atoms with Gasteiger partial charge < -0.3 is 0 Å². The fourth-order valence-corrected chi connectivity index (χ4v) is 3.35. The van der Waals surface area contributed by atoms with Crippen molar-refractivity contribution < 1.29 is 8.42 Å². The molecule has 0 amide bonds. The van der Waals surface area contributed by atoms with Crippen LogP contribution in [0.5, 0.6) is 0 Å². The van der Waals surface area contributed by atoms with Gasteiger partial charge in [0.15, 0.2) is 0 Å². The Balaban J connectivity index is 2.40. The standard InChI is InChI=1S/C11H8Cl3N3O2S/c1-6-2-10(14)16-11(15-6)17-20(18,19)9-4-7(12)3-8(13)5-9/h2-5H,1H3,(H,15,16,17). The molecule has 106 valence electrons. The summed E-state index contributed by atoms with van der Waals surface area (Å²) >= 11 is 17.3. The van der Waals surface area contributed by atoms with Crippen LogP contribution in [-0.2, 0) is 10.0 Å². The van der Waals surface area contributed by atoms with Crippen LogP contribution in [0.2, 0.25) is 15.2 Å². The summed E-state index contributed by atoms with van der Waals surface area (Å²) < 4.78 is 26.6. The fraction of sp³-hybridized carbons (Fsp3) is 0.0909. The van der Waals surface area contributed by atoms with Gasteiger partial charge >= 0.3 is 0 Å². The maximum atomic E-state index is 12.2. The van der Waals surface area contributed by atoms with Crippen LogP contribution in [0.3, 0.4) is 0 Å². The smallest absolute Gasteiger partial charge is 0.247 e. The summed E-state index contributed by atoms with van der Waals surface area (Å²) in [5, 5.41) is 0.557. The summed E-state index contributed by atoms with van der Waals surface area (Å²) in [6.07, 6.45) is 0. The van der Waals surface area contributed by atoms with Crippen LogP contribution < -0.4 is 4.72 Å². The van der Waals surface area contributed by atoms with Crippen molar-refractivity contribution in [1.82, 2.24) is 9.97 Å². The molecular weight excluding hydrogens is 345 g/mol. The minimum atomic E-state index is -3.89. The highest BCUT2D eigenvalue weighted by molar-refractivity contribution is 7.92. The van der Waals surface area contributed by atoms with Gasteiger partial charge in [0, 0.05) is 15.7 Å². The molecule has 0 spiro atoms. The average molecular weight is 353 g/mol. The van der Waals surface area contributed by atoms with Gasteiger partial charge in [-0.05, 0) is 31.2 Å². The number of hydrogen-bond donors (Lipinski definition) is 1. The summed E-state index contributed by atoms with van der Waals surface area (Å²) in [4.78, 5) is 7.64. The van der Waals surface area contributed by atoms with Gasteiger partial charge in [-0.25, -0.2) is 23.1 Å². The number of benzene rings is 1. The number of rotatable bonds is 3. The van der Waals surface area contributed by atoms with Gasteiger partial charge in [0.2, 0.25) is 5.95 Å². The lowest BCUT2D eigenvalue weighted by atomic mass is 10.4. The Hall–Kier alpha value is -1.08. The maximum Gasteiger partial charge on any atom is 0.264 e. The van der Waals surface area contributed by atoms with Gasteiger partial charge in [-0.3, -0.25) is 0 Å².